The molecule has 3 N–H and O–H groups in total. The van der Waals surface area contributed by atoms with Gasteiger partial charge in [-0.15, -0.1) is 0 Å². The van der Waals surface area contributed by atoms with E-state index in [0.29, 0.717) is 11.5 Å². The number of aromatic hydroxyl groups is 1. The Hall–Kier alpha value is -2.99. The van der Waals surface area contributed by atoms with E-state index in [1.54, 1.807) is 18.2 Å². The monoisotopic (exact) mass is 367 g/mol. The van der Waals surface area contributed by atoms with Gasteiger partial charge in [-0.05, 0) is 38.1 Å². The van der Waals surface area contributed by atoms with Crippen LogP contribution in [0.2, 0.25) is 5.02 Å². The van der Waals surface area contributed by atoms with Gasteiger partial charge in [0.25, 0.3) is 0 Å². The topological polar surface area (TPSA) is 94.2 Å². The molecule has 6 nitrogen and oxygen atoms in total. The highest BCUT2D eigenvalue weighted by atomic mass is 35.5. The molecule has 3 aromatic rings. The molecule has 1 heterocycles. The number of amidine groups is 1. The Morgan fingerprint density at radius 2 is 2.08 bits per heavy atom. The van der Waals surface area contributed by atoms with E-state index in [2.05, 4.69) is 20.3 Å². The Bertz CT molecular complexity index is 1020. The van der Waals surface area contributed by atoms with Crippen molar-refractivity contribution >= 4 is 40.5 Å². The number of anilines is 1. The summed E-state index contributed by atoms with van der Waals surface area (Å²) < 4.78 is 0. The molecule has 0 unspecified atom stereocenters. The first-order valence-electron chi connectivity index (χ1n) is 8.01. The highest BCUT2D eigenvalue weighted by Crippen LogP contribution is 2.25. The number of fused-ring (bicyclic) bond motifs is 1. The number of rotatable bonds is 4. The van der Waals surface area contributed by atoms with Crippen molar-refractivity contribution in [3.8, 4) is 5.75 Å². The number of halogens is 1. The van der Waals surface area contributed by atoms with Crippen molar-refractivity contribution in [3.05, 3.63) is 58.2 Å². The molecule has 0 aliphatic rings. The number of aromatic nitrogens is 2. The van der Waals surface area contributed by atoms with Crippen LogP contribution >= 0.6 is 11.6 Å². The Balaban J connectivity index is 1.70. The number of aryl methyl sites for hydroxylation is 2. The van der Waals surface area contributed by atoms with E-state index in [0.717, 1.165) is 22.2 Å². The summed E-state index contributed by atoms with van der Waals surface area (Å²) in [5.41, 5.74) is 3.32. The molecule has 0 fully saturated rings. The first-order chi connectivity index (χ1) is 12.4. The molecule has 3 rings (SSSR count). The van der Waals surface area contributed by atoms with Crippen LogP contribution < -0.4 is 5.32 Å². The summed E-state index contributed by atoms with van der Waals surface area (Å²) in [4.78, 5) is 13.0. The van der Waals surface area contributed by atoms with Crippen LogP contribution in [0.5, 0.6) is 5.75 Å². The number of nitrogens with one attached hydrogen (secondary N) is 2. The molecule has 0 saturated heterocycles. The van der Waals surface area contributed by atoms with Crippen molar-refractivity contribution in [2.24, 2.45) is 4.99 Å². The first-order valence-corrected chi connectivity index (χ1v) is 8.38. The number of aliphatic imine (C=N–C) groups is 1. The van der Waals surface area contributed by atoms with Crippen LogP contribution in [0.15, 0.2) is 41.4 Å². The maximum absolute atomic E-state index is 9.84. The molecule has 0 saturated carbocycles. The van der Waals surface area contributed by atoms with Gasteiger partial charge >= 0.3 is 0 Å². The second-order valence-electron chi connectivity index (χ2n) is 5.90. The number of phenolic OH excluding ortho intramolecular Hbond substituents is 1. The first kappa shape index (κ1) is 17.8. The van der Waals surface area contributed by atoms with Gasteiger partial charge in [-0.25, -0.2) is 9.97 Å². The molecule has 26 heavy (non-hydrogen) atoms. The number of hydrogen-bond acceptors (Lipinski definition) is 5. The molecule has 0 spiro atoms. The largest absolute Gasteiger partial charge is 0.506 e. The quantitative estimate of drug-likeness (QED) is 0.477. The van der Waals surface area contributed by atoms with Crippen LogP contribution in [0, 0.1) is 19.3 Å². The zero-order valence-corrected chi connectivity index (χ0v) is 15.2. The van der Waals surface area contributed by atoms with Gasteiger partial charge in [0.15, 0.2) is 0 Å². The van der Waals surface area contributed by atoms with Gasteiger partial charge in [0, 0.05) is 17.2 Å². The SMILES string of the molecule is Cc1ccc2nc(NC(=N)C/N=C/c3cccc(Cl)c3O)nc(C)c2c1. The summed E-state index contributed by atoms with van der Waals surface area (Å²) in [5, 5.41) is 22.0. The lowest BCUT2D eigenvalue weighted by Gasteiger charge is -2.08. The van der Waals surface area contributed by atoms with Crippen molar-refractivity contribution < 1.29 is 5.11 Å². The maximum atomic E-state index is 9.84. The summed E-state index contributed by atoms with van der Waals surface area (Å²) in [6.07, 6.45) is 1.48. The lowest BCUT2D eigenvalue weighted by atomic mass is 10.1. The second kappa shape index (κ2) is 7.49. The standard InChI is InChI=1S/C19H18ClN5O/c1-11-6-7-16-14(8-11)12(2)23-19(24-16)25-17(21)10-22-9-13-4-3-5-15(20)18(13)26/h3-9,26H,10H2,1-2H3,(H2,21,23,24,25)/b22-9+. The van der Waals surface area contributed by atoms with E-state index in [9.17, 15) is 5.11 Å². The van der Waals surface area contributed by atoms with E-state index < -0.39 is 0 Å². The van der Waals surface area contributed by atoms with E-state index in [4.69, 9.17) is 17.0 Å². The fourth-order valence-corrected chi connectivity index (χ4v) is 2.68. The molecular formula is C19H18ClN5O. The average Bonchev–Trinajstić information content (AvgIpc) is 2.59. The van der Waals surface area contributed by atoms with Crippen LogP contribution in [0.3, 0.4) is 0 Å². The highest BCUT2D eigenvalue weighted by Gasteiger charge is 2.07. The Kier molecular flexibility index (Phi) is 5.14. The van der Waals surface area contributed by atoms with Crippen molar-refractivity contribution in [2.45, 2.75) is 13.8 Å². The van der Waals surface area contributed by atoms with Gasteiger partial charge in [0.1, 0.15) is 11.6 Å². The summed E-state index contributed by atoms with van der Waals surface area (Å²) in [6, 6.07) is 11.0. The fraction of sp³-hybridized carbons (Fsp3) is 0.158. The van der Waals surface area contributed by atoms with Crippen molar-refractivity contribution in [2.75, 3.05) is 11.9 Å². The van der Waals surface area contributed by atoms with Crippen molar-refractivity contribution in [1.82, 2.24) is 9.97 Å². The van der Waals surface area contributed by atoms with Gasteiger partial charge in [-0.2, -0.15) is 0 Å². The molecule has 0 bridgehead atoms. The fourth-order valence-electron chi connectivity index (χ4n) is 2.50. The number of nitrogens with zero attached hydrogens (tertiary/aromatic N) is 3. The Labute approximate surface area is 156 Å². The normalized spacial score (nSPS) is 11.2. The van der Waals surface area contributed by atoms with Gasteiger partial charge in [-0.1, -0.05) is 29.3 Å². The van der Waals surface area contributed by atoms with Gasteiger partial charge < -0.3 is 10.4 Å². The lowest BCUT2D eigenvalue weighted by Crippen LogP contribution is -2.16. The smallest absolute Gasteiger partial charge is 0.228 e. The zero-order valence-electron chi connectivity index (χ0n) is 14.4. The molecular weight excluding hydrogens is 350 g/mol. The third-order valence-electron chi connectivity index (χ3n) is 3.80. The zero-order chi connectivity index (χ0) is 18.7. The van der Waals surface area contributed by atoms with Gasteiger partial charge in [0.2, 0.25) is 5.95 Å². The van der Waals surface area contributed by atoms with Gasteiger partial charge in [0.05, 0.1) is 22.8 Å². The van der Waals surface area contributed by atoms with Crippen LogP contribution in [0.25, 0.3) is 10.9 Å². The van der Waals surface area contributed by atoms with E-state index in [1.807, 2.05) is 32.0 Å². The molecule has 132 valence electrons. The molecule has 0 aliphatic carbocycles. The molecule has 1 aromatic heterocycles. The van der Waals surface area contributed by atoms with Crippen LogP contribution in [0.1, 0.15) is 16.8 Å². The van der Waals surface area contributed by atoms with E-state index >= 15 is 0 Å². The molecule has 0 radical (unpaired) electrons. The van der Waals surface area contributed by atoms with E-state index in [1.165, 1.54) is 6.21 Å². The lowest BCUT2D eigenvalue weighted by molar-refractivity contribution is 0.475. The number of para-hydroxylation sites is 1. The van der Waals surface area contributed by atoms with Gasteiger partial charge in [-0.3, -0.25) is 10.4 Å². The number of phenols is 1. The molecule has 7 heteroatoms. The second-order valence-corrected chi connectivity index (χ2v) is 6.31. The minimum atomic E-state index is -0.0267. The van der Waals surface area contributed by atoms with Crippen LogP contribution in [-0.2, 0) is 0 Å². The summed E-state index contributed by atoms with van der Waals surface area (Å²) >= 11 is 5.85. The van der Waals surface area contributed by atoms with Crippen molar-refractivity contribution in [1.29, 1.82) is 5.41 Å². The Morgan fingerprint density at radius 3 is 2.88 bits per heavy atom. The maximum Gasteiger partial charge on any atom is 0.228 e. The predicted octanol–water partition coefficient (Wildman–Crippen LogP) is 4.11. The average molecular weight is 368 g/mol. The predicted molar refractivity (Wildman–Crippen MR) is 106 cm³/mol. The minimum Gasteiger partial charge on any atom is -0.506 e. The third-order valence-corrected chi connectivity index (χ3v) is 4.11. The number of benzene rings is 2. The molecule has 2 aromatic carbocycles. The summed E-state index contributed by atoms with van der Waals surface area (Å²) in [5.74, 6) is 0.486. The summed E-state index contributed by atoms with van der Waals surface area (Å²) in [7, 11) is 0. The van der Waals surface area contributed by atoms with E-state index in [-0.39, 0.29) is 23.2 Å². The number of hydrogen-bond donors (Lipinski definition) is 3. The highest BCUT2D eigenvalue weighted by molar-refractivity contribution is 6.32. The molecule has 0 atom stereocenters. The molecule has 0 aliphatic heterocycles. The molecule has 0 amide bonds. The van der Waals surface area contributed by atoms with Crippen molar-refractivity contribution in [3.63, 3.8) is 0 Å². The summed E-state index contributed by atoms with van der Waals surface area (Å²) in [6.45, 7) is 4.04. The van der Waals surface area contributed by atoms with Crippen LogP contribution in [0.4, 0.5) is 5.95 Å². The van der Waals surface area contributed by atoms with Crippen LogP contribution in [-0.4, -0.2) is 33.7 Å². The minimum absolute atomic E-state index is 0.0267. The third kappa shape index (κ3) is 3.97. The Morgan fingerprint density at radius 1 is 1.27 bits per heavy atom.